The molecule has 26 nitrogen and oxygen atoms in total. The number of nitrogens with two attached hydrogens (primary N) is 3. The first-order valence-corrected chi connectivity index (χ1v) is 26.1. The largest absolute Gasteiger partial charge is 0.391 e. The lowest BCUT2D eigenvalue weighted by atomic mass is 9.96. The van der Waals surface area contributed by atoms with Crippen molar-refractivity contribution in [2.24, 2.45) is 34.0 Å². The van der Waals surface area contributed by atoms with Crippen molar-refractivity contribution in [2.75, 3.05) is 46.3 Å². The van der Waals surface area contributed by atoms with E-state index in [1.165, 1.54) is 25.8 Å². The number of carbonyl (C=O) groups is 11. The number of imide groups is 1. The van der Waals surface area contributed by atoms with E-state index in [-0.39, 0.29) is 82.5 Å². The monoisotopic (exact) mass is 1060 g/mol. The third-order valence-corrected chi connectivity index (χ3v) is 12.7. The van der Waals surface area contributed by atoms with Gasteiger partial charge in [0.15, 0.2) is 5.96 Å². The van der Waals surface area contributed by atoms with Gasteiger partial charge in [-0.2, -0.15) is 0 Å². The van der Waals surface area contributed by atoms with E-state index in [9.17, 15) is 57.8 Å². The van der Waals surface area contributed by atoms with Crippen LogP contribution >= 0.6 is 0 Å². The van der Waals surface area contributed by atoms with Gasteiger partial charge >= 0.3 is 0 Å². The lowest BCUT2D eigenvalue weighted by molar-refractivity contribution is -0.151. The maximum atomic E-state index is 14.2. The van der Waals surface area contributed by atoms with E-state index in [1.54, 1.807) is 41.5 Å². The maximum Gasteiger partial charge on any atom is 0.249 e. The molecule has 0 radical (unpaired) electrons. The third-order valence-electron chi connectivity index (χ3n) is 12.7. The Balaban J connectivity index is 3.45. The van der Waals surface area contributed by atoms with E-state index >= 15 is 0 Å². The highest BCUT2D eigenvalue weighted by molar-refractivity contribution is 6.02. The Morgan fingerprint density at radius 3 is 1.87 bits per heavy atom. The smallest absolute Gasteiger partial charge is 0.249 e. The molecule has 0 aromatic heterocycles. The molecule has 1 rings (SSSR count). The predicted molar refractivity (Wildman–Crippen MR) is 279 cm³/mol. The van der Waals surface area contributed by atoms with Gasteiger partial charge in [-0.25, -0.2) is 0 Å². The van der Waals surface area contributed by atoms with E-state index in [1.807, 2.05) is 0 Å². The molecule has 1 saturated heterocycles. The van der Waals surface area contributed by atoms with Crippen LogP contribution < -0.4 is 54.4 Å². The SMILES string of the molecule is CCC[C@H](NC(=O)[C@@H](NC(=O)[C@@H](CC(C)C)NC(=O)[C@H](CCCCN)N(C(C)=O)C(=O)CNC(=O)CN(C)C(C)=O)[C@@H](C)O)C(=O)N[C@H](C(=O)N[C@@H](CCCN=C(N)N)C(=O)N1CCC[C@H]1C(=O)NCC)[C@@H](C)CC. The number of likely N-dealkylation sites (N-methyl/N-ethyl adjacent to an activating group) is 2. The van der Waals surface area contributed by atoms with Gasteiger partial charge < -0.3 is 69.3 Å². The molecule has 1 aliphatic rings. The van der Waals surface area contributed by atoms with Crippen molar-refractivity contribution in [1.29, 1.82) is 0 Å². The first kappa shape index (κ1) is 66.6. The number of nitrogens with zero attached hydrogens (tertiary/aromatic N) is 4. The minimum Gasteiger partial charge on any atom is -0.391 e. The molecule has 0 saturated carbocycles. The molecule has 0 aromatic carbocycles. The van der Waals surface area contributed by atoms with E-state index in [2.05, 4.69) is 42.2 Å². The number of aliphatic hydroxyl groups is 1. The zero-order valence-electron chi connectivity index (χ0n) is 45.8. The highest BCUT2D eigenvalue weighted by atomic mass is 16.3. The molecule has 0 aliphatic carbocycles. The normalized spacial score (nSPS) is 16.3. The highest BCUT2D eigenvalue weighted by Crippen LogP contribution is 2.21. The molecule has 0 aromatic rings. The number of unbranched alkanes of at least 4 members (excludes halogenated alkanes) is 1. The van der Waals surface area contributed by atoms with Crippen LogP contribution in [0.3, 0.4) is 0 Å². The first-order valence-electron chi connectivity index (χ1n) is 26.1. The number of rotatable bonds is 33. The highest BCUT2D eigenvalue weighted by Gasteiger charge is 2.40. The van der Waals surface area contributed by atoms with Crippen molar-refractivity contribution in [3.05, 3.63) is 0 Å². The number of aliphatic hydroxyl groups excluding tert-OH is 1. The van der Waals surface area contributed by atoms with Crippen molar-refractivity contribution >= 4 is 70.9 Å². The Morgan fingerprint density at radius 1 is 0.720 bits per heavy atom. The van der Waals surface area contributed by atoms with E-state index in [4.69, 9.17) is 17.2 Å². The second kappa shape index (κ2) is 34.2. The van der Waals surface area contributed by atoms with Gasteiger partial charge in [0.25, 0.3) is 0 Å². The Morgan fingerprint density at radius 2 is 1.32 bits per heavy atom. The van der Waals surface area contributed by atoms with Crippen LogP contribution in [0.5, 0.6) is 0 Å². The predicted octanol–water partition coefficient (Wildman–Crippen LogP) is -2.67. The lowest BCUT2D eigenvalue weighted by Gasteiger charge is -2.32. The molecule has 426 valence electrons. The van der Waals surface area contributed by atoms with E-state index in [0.717, 1.165) is 11.8 Å². The van der Waals surface area contributed by atoms with Crippen LogP contribution in [0.1, 0.15) is 133 Å². The van der Waals surface area contributed by atoms with Gasteiger partial charge in [-0.15, -0.1) is 0 Å². The Hall–Kier alpha value is -6.44. The van der Waals surface area contributed by atoms with Crippen LogP contribution in [0.2, 0.25) is 0 Å². The third kappa shape index (κ3) is 22.9. The van der Waals surface area contributed by atoms with E-state index in [0.29, 0.717) is 43.5 Å². The summed E-state index contributed by atoms with van der Waals surface area (Å²) in [6.07, 6.45) is 1.26. The molecule has 11 amide bonds. The zero-order chi connectivity index (χ0) is 57.1. The molecule has 1 heterocycles. The van der Waals surface area contributed by atoms with Crippen molar-refractivity contribution in [3.8, 4) is 0 Å². The van der Waals surface area contributed by atoms with Crippen LogP contribution in [0, 0.1) is 11.8 Å². The molecule has 0 unspecified atom stereocenters. The van der Waals surface area contributed by atoms with Gasteiger partial charge in [0, 0.05) is 40.5 Å². The summed E-state index contributed by atoms with van der Waals surface area (Å²) in [6.45, 7) is 14.1. The number of hydrogen-bond acceptors (Lipinski definition) is 14. The summed E-state index contributed by atoms with van der Waals surface area (Å²) in [5, 5.41) is 29.3. The van der Waals surface area contributed by atoms with Gasteiger partial charge in [0.05, 0.1) is 19.2 Å². The van der Waals surface area contributed by atoms with Crippen molar-refractivity contribution in [1.82, 2.24) is 51.9 Å². The topological polar surface area (TPSA) is 392 Å². The van der Waals surface area contributed by atoms with Gasteiger partial charge in [-0.05, 0) is 90.0 Å². The Labute approximate surface area is 441 Å². The fourth-order valence-corrected chi connectivity index (χ4v) is 8.29. The number of aliphatic imine (C=N–C) groups is 1. The minimum atomic E-state index is -1.69. The molecule has 9 atom stereocenters. The number of likely N-dealkylation sites (tertiary alicyclic amines) is 1. The van der Waals surface area contributed by atoms with Crippen molar-refractivity contribution < 1.29 is 57.8 Å². The van der Waals surface area contributed by atoms with Crippen LogP contribution in [-0.2, 0) is 52.7 Å². The second-order valence-corrected chi connectivity index (χ2v) is 19.5. The van der Waals surface area contributed by atoms with Crippen LogP contribution in [0.25, 0.3) is 0 Å². The summed E-state index contributed by atoms with van der Waals surface area (Å²) in [5.74, 6) is -8.84. The Kier molecular flexibility index (Phi) is 30.4. The molecule has 14 N–H and O–H groups in total. The summed E-state index contributed by atoms with van der Waals surface area (Å²) >= 11 is 0. The zero-order valence-corrected chi connectivity index (χ0v) is 45.8. The average molecular weight is 1070 g/mol. The minimum absolute atomic E-state index is 0.00949. The number of hydrogen-bond donors (Lipinski definition) is 11. The fourth-order valence-electron chi connectivity index (χ4n) is 8.29. The second-order valence-electron chi connectivity index (χ2n) is 19.5. The van der Waals surface area contributed by atoms with Gasteiger partial charge in [-0.1, -0.05) is 47.5 Å². The van der Waals surface area contributed by atoms with Crippen molar-refractivity contribution in [3.63, 3.8) is 0 Å². The summed E-state index contributed by atoms with van der Waals surface area (Å²) in [7, 11) is 1.38. The van der Waals surface area contributed by atoms with Crippen LogP contribution in [0.4, 0.5) is 0 Å². The van der Waals surface area contributed by atoms with E-state index < -0.39 is 120 Å². The van der Waals surface area contributed by atoms with Gasteiger partial charge in [0.2, 0.25) is 65.0 Å². The molecule has 26 heteroatoms. The molecular formula is C49H88N14O12. The van der Waals surface area contributed by atoms with Crippen LogP contribution in [0.15, 0.2) is 4.99 Å². The van der Waals surface area contributed by atoms with Gasteiger partial charge in [-0.3, -0.25) is 62.6 Å². The van der Waals surface area contributed by atoms with Gasteiger partial charge in [0.1, 0.15) is 42.3 Å². The maximum absolute atomic E-state index is 14.2. The number of carbonyl (C=O) groups excluding carboxylic acids is 11. The first-order chi connectivity index (χ1) is 35.3. The van der Waals surface area contributed by atoms with Crippen molar-refractivity contribution in [2.45, 2.75) is 181 Å². The lowest BCUT2D eigenvalue weighted by Crippen LogP contribution is -2.62. The summed E-state index contributed by atoms with van der Waals surface area (Å²) in [6, 6.07) is -8.92. The molecule has 0 spiro atoms. The summed E-state index contributed by atoms with van der Waals surface area (Å²) in [4.78, 5) is 155. The fraction of sp³-hybridized carbons (Fsp3) is 0.755. The summed E-state index contributed by atoms with van der Waals surface area (Å²) < 4.78 is 0. The number of amides is 11. The molecular weight excluding hydrogens is 977 g/mol. The molecule has 75 heavy (non-hydrogen) atoms. The molecule has 0 bridgehead atoms. The van der Waals surface area contributed by atoms with Crippen LogP contribution in [-0.4, -0.2) is 185 Å². The number of nitrogens with one attached hydrogen (secondary N) is 7. The Bertz CT molecular complexity index is 1980. The molecule has 1 aliphatic heterocycles. The number of guanidine groups is 1. The average Bonchev–Trinajstić information content (AvgIpc) is 3.84. The quantitative estimate of drug-likeness (QED) is 0.0181. The molecule has 1 fully saturated rings. The summed E-state index contributed by atoms with van der Waals surface area (Å²) in [5.41, 5.74) is 16.7. The standard InChI is InChI=1S/C49H88N14O12/c1-11-18-33(42(69)59-40(29(6)12-2)46(73)57-34(19-16-23-54-49(51)52)48(75)62-24-17-21-36(62)44(71)53-13-3)56-47(74)41(30(7)64)60-43(70)35(25-28(4)5)58-45(72)37(20-14-15-22-50)63(32(9)66)39(68)26-55-38(67)27-61(10)31(8)65/h28-30,33-37,40-41,64H,11-27,50H2,1-10H3,(H,53,71)(H,55,67)(H,56,74)(H,57,73)(H,58,72)(H,59,69)(H,60,70)(H4,51,52,54)/t29-,30+,33-,34-,35+,36-,37-,40-,41-/m0/s1.